The number of hydrogen-bond acceptors (Lipinski definition) is 3. The Hall–Kier alpha value is -0.690. The van der Waals surface area contributed by atoms with E-state index in [1.165, 1.54) is 6.07 Å². The second kappa shape index (κ2) is 6.60. The quantitative estimate of drug-likeness (QED) is 0.806. The zero-order valence-corrected chi connectivity index (χ0v) is 13.7. The van der Waals surface area contributed by atoms with Crippen molar-refractivity contribution in [3.05, 3.63) is 28.5 Å². The van der Waals surface area contributed by atoms with Crippen molar-refractivity contribution in [2.24, 2.45) is 5.92 Å². The van der Waals surface area contributed by atoms with Crippen LogP contribution in [-0.2, 0) is 16.6 Å². The van der Waals surface area contributed by atoms with Crippen LogP contribution in [0.3, 0.4) is 0 Å². The lowest BCUT2D eigenvalue weighted by Gasteiger charge is -2.12. The molecule has 0 saturated heterocycles. The Morgan fingerprint density at radius 2 is 2.05 bits per heavy atom. The zero-order valence-electron chi connectivity index (χ0n) is 12.1. The molecule has 0 bridgehead atoms. The van der Waals surface area contributed by atoms with Crippen LogP contribution < -0.4 is 10.0 Å². The van der Waals surface area contributed by atoms with Gasteiger partial charge in [0.1, 0.15) is 5.82 Å². The summed E-state index contributed by atoms with van der Waals surface area (Å²) in [6.07, 6.45) is 2.18. The Morgan fingerprint density at radius 3 is 2.62 bits per heavy atom. The molecule has 1 aromatic rings. The standard InChI is InChI=1S/C14H20ClFN2O2S/c1-9(2)7-18-21(19,20)12-5-10(8-17-11-3-4-11)14(15)13(16)6-12/h5-6,9,11,17-18H,3-4,7-8H2,1-2H3. The van der Waals surface area contributed by atoms with Crippen molar-refractivity contribution in [1.29, 1.82) is 0 Å². The van der Waals surface area contributed by atoms with Crippen LogP contribution in [0.2, 0.25) is 5.02 Å². The summed E-state index contributed by atoms with van der Waals surface area (Å²) >= 11 is 5.92. The first kappa shape index (κ1) is 16.7. The summed E-state index contributed by atoms with van der Waals surface area (Å²) in [6, 6.07) is 2.83. The molecule has 0 spiro atoms. The van der Waals surface area contributed by atoms with Crippen LogP contribution in [0.4, 0.5) is 4.39 Å². The van der Waals surface area contributed by atoms with Gasteiger partial charge in [0, 0.05) is 19.1 Å². The van der Waals surface area contributed by atoms with Gasteiger partial charge in [0.2, 0.25) is 10.0 Å². The Labute approximate surface area is 130 Å². The van der Waals surface area contributed by atoms with Crippen LogP contribution in [0.1, 0.15) is 32.3 Å². The molecule has 21 heavy (non-hydrogen) atoms. The Balaban J connectivity index is 2.22. The third-order valence-corrected chi connectivity index (χ3v) is 5.05. The first-order valence-corrected chi connectivity index (χ1v) is 8.86. The van der Waals surface area contributed by atoms with E-state index in [9.17, 15) is 12.8 Å². The van der Waals surface area contributed by atoms with E-state index in [0.717, 1.165) is 18.9 Å². The Bertz CT molecular complexity index is 616. The number of rotatable bonds is 7. The van der Waals surface area contributed by atoms with Crippen LogP contribution >= 0.6 is 11.6 Å². The first-order chi connectivity index (χ1) is 9.79. The van der Waals surface area contributed by atoms with Crippen LogP contribution in [0.5, 0.6) is 0 Å². The SMILES string of the molecule is CC(C)CNS(=O)(=O)c1cc(F)c(Cl)c(CNC2CC2)c1. The maximum Gasteiger partial charge on any atom is 0.240 e. The smallest absolute Gasteiger partial charge is 0.240 e. The van der Waals surface area contributed by atoms with Crippen molar-refractivity contribution in [1.82, 2.24) is 10.0 Å². The molecule has 1 saturated carbocycles. The van der Waals surface area contributed by atoms with Gasteiger partial charge in [0.05, 0.1) is 9.92 Å². The number of nitrogens with one attached hydrogen (secondary N) is 2. The number of benzene rings is 1. The van der Waals surface area contributed by atoms with Gasteiger partial charge < -0.3 is 5.32 Å². The number of hydrogen-bond donors (Lipinski definition) is 2. The predicted octanol–water partition coefficient (Wildman–Crippen LogP) is 2.67. The average Bonchev–Trinajstić information content (AvgIpc) is 3.22. The predicted molar refractivity (Wildman–Crippen MR) is 81.3 cm³/mol. The zero-order chi connectivity index (χ0) is 15.6. The largest absolute Gasteiger partial charge is 0.310 e. The molecule has 4 nitrogen and oxygen atoms in total. The van der Waals surface area contributed by atoms with Gasteiger partial charge in [0.15, 0.2) is 0 Å². The van der Waals surface area contributed by atoms with E-state index in [1.54, 1.807) is 0 Å². The highest BCUT2D eigenvalue weighted by atomic mass is 35.5. The lowest BCUT2D eigenvalue weighted by Crippen LogP contribution is -2.28. The summed E-state index contributed by atoms with van der Waals surface area (Å²) in [5, 5.41) is 3.18. The molecule has 0 aromatic heterocycles. The summed E-state index contributed by atoms with van der Waals surface area (Å²) in [7, 11) is -3.72. The van der Waals surface area contributed by atoms with E-state index < -0.39 is 15.8 Å². The van der Waals surface area contributed by atoms with Gasteiger partial charge in [-0.3, -0.25) is 0 Å². The van der Waals surface area contributed by atoms with Crippen molar-refractivity contribution < 1.29 is 12.8 Å². The number of halogens is 2. The maximum absolute atomic E-state index is 13.9. The molecule has 0 aliphatic heterocycles. The molecular formula is C14H20ClFN2O2S. The lowest BCUT2D eigenvalue weighted by molar-refractivity contribution is 0.557. The molecule has 0 atom stereocenters. The summed E-state index contributed by atoms with van der Waals surface area (Å²) < 4.78 is 40.6. The van der Waals surface area contributed by atoms with Gasteiger partial charge in [-0.05, 0) is 36.5 Å². The Kier molecular flexibility index (Phi) is 5.24. The minimum absolute atomic E-state index is 0.0223. The molecule has 118 valence electrons. The van der Waals surface area contributed by atoms with E-state index in [-0.39, 0.29) is 15.8 Å². The molecule has 0 radical (unpaired) electrons. The molecule has 1 aromatic carbocycles. The Morgan fingerprint density at radius 1 is 1.38 bits per heavy atom. The molecule has 7 heteroatoms. The van der Waals surface area contributed by atoms with Crippen molar-refractivity contribution in [3.8, 4) is 0 Å². The minimum atomic E-state index is -3.72. The summed E-state index contributed by atoms with van der Waals surface area (Å²) in [5.74, 6) is -0.537. The van der Waals surface area contributed by atoms with Crippen molar-refractivity contribution in [3.63, 3.8) is 0 Å². The third kappa shape index (κ3) is 4.64. The fraction of sp³-hybridized carbons (Fsp3) is 0.571. The number of sulfonamides is 1. The van der Waals surface area contributed by atoms with Gasteiger partial charge in [-0.15, -0.1) is 0 Å². The molecule has 2 N–H and O–H groups in total. The lowest BCUT2D eigenvalue weighted by atomic mass is 10.2. The van der Waals surface area contributed by atoms with E-state index in [4.69, 9.17) is 11.6 Å². The van der Waals surface area contributed by atoms with Crippen molar-refractivity contribution >= 4 is 21.6 Å². The van der Waals surface area contributed by atoms with Crippen molar-refractivity contribution in [2.75, 3.05) is 6.54 Å². The van der Waals surface area contributed by atoms with Gasteiger partial charge in [0.25, 0.3) is 0 Å². The molecule has 0 unspecified atom stereocenters. The van der Waals surface area contributed by atoms with Crippen LogP contribution in [-0.4, -0.2) is 21.0 Å². The second-order valence-electron chi connectivity index (χ2n) is 5.78. The molecule has 0 heterocycles. The van der Waals surface area contributed by atoms with Gasteiger partial charge >= 0.3 is 0 Å². The molecule has 1 aliphatic carbocycles. The molecule has 2 rings (SSSR count). The van der Waals surface area contributed by atoms with Gasteiger partial charge in [-0.25, -0.2) is 17.5 Å². The van der Waals surface area contributed by atoms with Crippen LogP contribution in [0.15, 0.2) is 17.0 Å². The highest BCUT2D eigenvalue weighted by Crippen LogP contribution is 2.26. The topological polar surface area (TPSA) is 58.2 Å². The average molecular weight is 335 g/mol. The normalized spacial score (nSPS) is 15.7. The summed E-state index contributed by atoms with van der Waals surface area (Å²) in [5.41, 5.74) is 0.466. The first-order valence-electron chi connectivity index (χ1n) is 7.00. The van der Waals surface area contributed by atoms with E-state index in [2.05, 4.69) is 10.0 Å². The maximum atomic E-state index is 13.9. The van der Waals surface area contributed by atoms with Gasteiger partial charge in [-0.2, -0.15) is 0 Å². The minimum Gasteiger partial charge on any atom is -0.310 e. The second-order valence-corrected chi connectivity index (χ2v) is 7.92. The van der Waals surface area contributed by atoms with Crippen LogP contribution in [0, 0.1) is 11.7 Å². The third-order valence-electron chi connectivity index (χ3n) is 3.23. The monoisotopic (exact) mass is 334 g/mol. The fourth-order valence-electron chi connectivity index (χ4n) is 1.80. The van der Waals surface area contributed by atoms with E-state index >= 15 is 0 Å². The fourth-order valence-corrected chi connectivity index (χ4v) is 3.26. The van der Waals surface area contributed by atoms with Gasteiger partial charge in [-0.1, -0.05) is 25.4 Å². The molecule has 0 amide bonds. The van der Waals surface area contributed by atoms with Crippen molar-refractivity contribution in [2.45, 2.75) is 44.2 Å². The summed E-state index contributed by atoms with van der Waals surface area (Å²) in [4.78, 5) is -0.0855. The molecular weight excluding hydrogens is 315 g/mol. The van der Waals surface area contributed by atoms with E-state index in [0.29, 0.717) is 24.7 Å². The van der Waals surface area contributed by atoms with E-state index in [1.807, 2.05) is 13.8 Å². The van der Waals surface area contributed by atoms with Crippen LogP contribution in [0.25, 0.3) is 0 Å². The molecule has 1 fully saturated rings. The summed E-state index contributed by atoms with van der Waals surface area (Å²) in [6.45, 7) is 4.47. The highest BCUT2D eigenvalue weighted by Gasteiger charge is 2.23. The highest BCUT2D eigenvalue weighted by molar-refractivity contribution is 7.89. The molecule has 1 aliphatic rings.